The summed E-state index contributed by atoms with van der Waals surface area (Å²) in [5.74, 6) is 2.07. The zero-order valence-electron chi connectivity index (χ0n) is 14.8. The number of hydrogen-bond acceptors (Lipinski definition) is 1. The van der Waals surface area contributed by atoms with Gasteiger partial charge in [0.25, 0.3) is 0 Å². The largest absolute Gasteiger partial charge is 0.368 e. The first-order chi connectivity index (χ1) is 9.78. The maximum Gasteiger partial charge on any atom is 0.0775 e. The van der Waals surface area contributed by atoms with E-state index < -0.39 is 0 Å². The number of rotatable bonds is 1. The highest BCUT2D eigenvalue weighted by atomic mass is 16.5. The van der Waals surface area contributed by atoms with Gasteiger partial charge in [-0.05, 0) is 69.6 Å². The molecule has 1 saturated heterocycles. The standard InChI is InChI=1S/C20H34O/c1-7-18(5)12-13-20(21-18)15(3)8-9-17-16(4)14(2)10-11-19(17,20)6/h14-15,17H,4,7-13H2,1-3,5-6H3/t14-,15-,17+,18-,19+,20-/m1/s1. The fraction of sp³-hybridized carbons (Fsp3) is 0.900. The second kappa shape index (κ2) is 4.85. The maximum atomic E-state index is 6.95. The lowest BCUT2D eigenvalue weighted by Crippen LogP contribution is -2.60. The van der Waals surface area contributed by atoms with Gasteiger partial charge in [-0.2, -0.15) is 0 Å². The van der Waals surface area contributed by atoms with Crippen LogP contribution < -0.4 is 0 Å². The fourth-order valence-electron chi connectivity index (χ4n) is 5.84. The van der Waals surface area contributed by atoms with Crippen molar-refractivity contribution in [3.05, 3.63) is 12.2 Å². The van der Waals surface area contributed by atoms with E-state index >= 15 is 0 Å². The molecule has 2 aliphatic carbocycles. The van der Waals surface area contributed by atoms with Crippen molar-refractivity contribution >= 4 is 0 Å². The molecular weight excluding hydrogens is 256 g/mol. The van der Waals surface area contributed by atoms with Crippen molar-refractivity contribution < 1.29 is 4.74 Å². The second-order valence-electron chi connectivity index (χ2n) is 8.76. The summed E-state index contributed by atoms with van der Waals surface area (Å²) in [5.41, 5.74) is 2.03. The van der Waals surface area contributed by atoms with Crippen LogP contribution in [0.1, 0.15) is 79.6 Å². The van der Waals surface area contributed by atoms with Crippen molar-refractivity contribution in [3.8, 4) is 0 Å². The summed E-state index contributed by atoms with van der Waals surface area (Å²) >= 11 is 0. The van der Waals surface area contributed by atoms with Gasteiger partial charge in [0.2, 0.25) is 0 Å². The van der Waals surface area contributed by atoms with Gasteiger partial charge in [-0.15, -0.1) is 0 Å². The first-order valence-corrected chi connectivity index (χ1v) is 9.17. The van der Waals surface area contributed by atoms with Gasteiger partial charge in [0.15, 0.2) is 0 Å². The molecule has 3 fully saturated rings. The average molecular weight is 290 g/mol. The Morgan fingerprint density at radius 1 is 1.10 bits per heavy atom. The summed E-state index contributed by atoms with van der Waals surface area (Å²) in [6, 6.07) is 0. The van der Waals surface area contributed by atoms with Crippen LogP contribution >= 0.6 is 0 Å². The number of ether oxygens (including phenoxy) is 1. The van der Waals surface area contributed by atoms with Gasteiger partial charge >= 0.3 is 0 Å². The van der Waals surface area contributed by atoms with Crippen molar-refractivity contribution in [2.24, 2.45) is 23.2 Å². The predicted molar refractivity (Wildman–Crippen MR) is 89.3 cm³/mol. The van der Waals surface area contributed by atoms with E-state index in [0.29, 0.717) is 23.2 Å². The van der Waals surface area contributed by atoms with Crippen molar-refractivity contribution in [1.29, 1.82) is 0 Å². The molecule has 1 spiro atoms. The van der Waals surface area contributed by atoms with Crippen LogP contribution in [0.3, 0.4) is 0 Å². The van der Waals surface area contributed by atoms with Crippen LogP contribution in [0.5, 0.6) is 0 Å². The SMILES string of the molecule is C=C1[C@H](C)CC[C@@]2(C)[C@H]1CC[C@@H](C)[C@]21CC[C@@](C)(CC)O1. The Kier molecular flexibility index (Phi) is 3.60. The third kappa shape index (κ3) is 1.99. The number of fused-ring (bicyclic) bond motifs is 2. The molecule has 0 unspecified atom stereocenters. The Morgan fingerprint density at radius 3 is 2.43 bits per heavy atom. The van der Waals surface area contributed by atoms with E-state index in [9.17, 15) is 0 Å². The first-order valence-electron chi connectivity index (χ1n) is 9.17. The highest BCUT2D eigenvalue weighted by Crippen LogP contribution is 2.65. The molecule has 3 rings (SSSR count). The zero-order chi connectivity index (χ0) is 15.5. The minimum absolute atomic E-state index is 0.101. The molecule has 1 aliphatic heterocycles. The lowest BCUT2D eigenvalue weighted by molar-refractivity contribution is -0.222. The Labute approximate surface area is 131 Å². The molecule has 120 valence electrons. The third-order valence-electron chi connectivity index (χ3n) is 7.80. The topological polar surface area (TPSA) is 9.23 Å². The number of hydrogen-bond donors (Lipinski definition) is 0. The molecule has 21 heavy (non-hydrogen) atoms. The zero-order valence-corrected chi connectivity index (χ0v) is 14.8. The summed E-state index contributed by atoms with van der Waals surface area (Å²) in [6.07, 6.45) is 8.89. The summed E-state index contributed by atoms with van der Waals surface area (Å²) in [5, 5.41) is 0. The van der Waals surface area contributed by atoms with Crippen molar-refractivity contribution in [2.45, 2.75) is 90.8 Å². The van der Waals surface area contributed by atoms with Crippen LogP contribution in [0.4, 0.5) is 0 Å². The normalized spacial score (nSPS) is 54.0. The van der Waals surface area contributed by atoms with Gasteiger partial charge in [0.1, 0.15) is 0 Å². The first kappa shape index (κ1) is 15.6. The van der Waals surface area contributed by atoms with Crippen molar-refractivity contribution in [3.63, 3.8) is 0 Å². The van der Waals surface area contributed by atoms with Gasteiger partial charge in [0, 0.05) is 5.41 Å². The maximum absolute atomic E-state index is 6.95. The highest BCUT2D eigenvalue weighted by molar-refractivity contribution is 5.22. The molecule has 3 aliphatic rings. The molecule has 0 bridgehead atoms. The molecule has 6 atom stereocenters. The van der Waals surface area contributed by atoms with E-state index in [2.05, 4.69) is 41.2 Å². The molecule has 1 heteroatoms. The van der Waals surface area contributed by atoms with Crippen molar-refractivity contribution in [1.82, 2.24) is 0 Å². The predicted octanol–water partition coefficient (Wildman–Crippen LogP) is 5.74. The number of allylic oxidation sites excluding steroid dienone is 1. The minimum atomic E-state index is 0.101. The highest BCUT2D eigenvalue weighted by Gasteiger charge is 2.64. The summed E-state index contributed by atoms with van der Waals surface area (Å²) in [4.78, 5) is 0. The molecule has 0 amide bonds. The molecule has 2 saturated carbocycles. The van der Waals surface area contributed by atoms with Crippen LogP contribution in [0.25, 0.3) is 0 Å². The Morgan fingerprint density at radius 2 is 1.81 bits per heavy atom. The van der Waals surface area contributed by atoms with Gasteiger partial charge < -0.3 is 4.74 Å². The Hall–Kier alpha value is -0.300. The molecule has 0 radical (unpaired) electrons. The van der Waals surface area contributed by atoms with Crippen molar-refractivity contribution in [2.75, 3.05) is 0 Å². The average Bonchev–Trinajstić information content (AvgIpc) is 2.82. The smallest absolute Gasteiger partial charge is 0.0775 e. The molecule has 0 aromatic heterocycles. The molecule has 0 aromatic carbocycles. The van der Waals surface area contributed by atoms with E-state index in [4.69, 9.17) is 4.74 Å². The fourth-order valence-corrected chi connectivity index (χ4v) is 5.84. The lowest BCUT2D eigenvalue weighted by Gasteiger charge is -2.61. The molecule has 0 N–H and O–H groups in total. The molecule has 1 heterocycles. The van der Waals surface area contributed by atoms with Crippen LogP contribution in [0.2, 0.25) is 0 Å². The summed E-state index contributed by atoms with van der Waals surface area (Å²) < 4.78 is 6.95. The van der Waals surface area contributed by atoms with E-state index in [-0.39, 0.29) is 11.2 Å². The van der Waals surface area contributed by atoms with E-state index in [1.807, 2.05) is 0 Å². The van der Waals surface area contributed by atoms with E-state index in [1.54, 1.807) is 0 Å². The lowest BCUT2D eigenvalue weighted by atomic mass is 9.47. The Bertz CT molecular complexity index is 441. The summed E-state index contributed by atoms with van der Waals surface area (Å²) in [7, 11) is 0. The monoisotopic (exact) mass is 290 g/mol. The Balaban J connectivity index is 2.00. The van der Waals surface area contributed by atoms with Gasteiger partial charge in [-0.25, -0.2) is 0 Å². The van der Waals surface area contributed by atoms with Gasteiger partial charge in [-0.1, -0.05) is 39.8 Å². The summed E-state index contributed by atoms with van der Waals surface area (Å²) in [6.45, 7) is 16.5. The molecule has 0 aromatic rings. The van der Waals surface area contributed by atoms with Crippen LogP contribution in [-0.2, 0) is 4.74 Å². The van der Waals surface area contributed by atoms with Gasteiger partial charge in [0.05, 0.1) is 11.2 Å². The van der Waals surface area contributed by atoms with E-state index in [1.165, 1.54) is 44.1 Å². The molecular formula is C20H34O. The third-order valence-corrected chi connectivity index (χ3v) is 7.80. The van der Waals surface area contributed by atoms with Crippen LogP contribution in [-0.4, -0.2) is 11.2 Å². The molecule has 1 nitrogen and oxygen atoms in total. The van der Waals surface area contributed by atoms with Crippen LogP contribution in [0, 0.1) is 23.2 Å². The van der Waals surface area contributed by atoms with Crippen LogP contribution in [0.15, 0.2) is 12.2 Å². The second-order valence-corrected chi connectivity index (χ2v) is 8.76. The minimum Gasteiger partial charge on any atom is -0.368 e. The quantitative estimate of drug-likeness (QED) is 0.559. The van der Waals surface area contributed by atoms with E-state index in [0.717, 1.165) is 6.42 Å². The van der Waals surface area contributed by atoms with Gasteiger partial charge in [-0.3, -0.25) is 0 Å².